The van der Waals surface area contributed by atoms with Gasteiger partial charge in [-0.3, -0.25) is 0 Å². The number of aryl methyl sites for hydroxylation is 1. The Morgan fingerprint density at radius 2 is 1.79 bits per heavy atom. The Morgan fingerprint density at radius 3 is 2.50 bits per heavy atom. The van der Waals surface area contributed by atoms with Crippen LogP contribution in [0.2, 0.25) is 0 Å². The number of rotatable bonds is 0. The summed E-state index contributed by atoms with van der Waals surface area (Å²) in [5.41, 5.74) is 0.691. The summed E-state index contributed by atoms with van der Waals surface area (Å²) in [6, 6.07) is 7.15. The fraction of sp³-hybridized carbons (Fsp3) is 0.0909. The van der Waals surface area contributed by atoms with E-state index < -0.39 is 0 Å². The van der Waals surface area contributed by atoms with Crippen LogP contribution in [0.15, 0.2) is 24.3 Å². The number of fused-ring (bicyclic) bond motifs is 1. The Hall–Kier alpha value is -0.970. The van der Waals surface area contributed by atoms with E-state index in [0.717, 1.165) is 3.57 Å². The smallest absolute Gasteiger partial charge is 0.126 e. The molecule has 0 spiro atoms. The highest BCUT2D eigenvalue weighted by atomic mass is 127. The molecule has 0 radical (unpaired) electrons. The highest BCUT2D eigenvalue weighted by Crippen LogP contribution is 2.35. The average Bonchev–Trinajstić information content (AvgIpc) is 2.14. The number of benzene rings is 2. The van der Waals surface area contributed by atoms with E-state index in [9.17, 15) is 10.2 Å². The summed E-state index contributed by atoms with van der Waals surface area (Å²) >= 11 is 2.17. The van der Waals surface area contributed by atoms with Crippen molar-refractivity contribution in [1.29, 1.82) is 0 Å². The second-order valence-electron chi connectivity index (χ2n) is 3.25. The Kier molecular flexibility index (Phi) is 2.26. The van der Waals surface area contributed by atoms with Gasteiger partial charge in [-0.15, -0.1) is 0 Å². The van der Waals surface area contributed by atoms with E-state index in [1.165, 1.54) is 0 Å². The molecule has 0 aliphatic rings. The van der Waals surface area contributed by atoms with Gasteiger partial charge in [0.2, 0.25) is 0 Å². The van der Waals surface area contributed by atoms with Crippen LogP contribution in [-0.2, 0) is 0 Å². The minimum absolute atomic E-state index is 0.216. The van der Waals surface area contributed by atoms with Crippen LogP contribution in [0.1, 0.15) is 5.56 Å². The van der Waals surface area contributed by atoms with Gasteiger partial charge in [-0.1, -0.05) is 0 Å². The molecule has 14 heavy (non-hydrogen) atoms. The summed E-state index contributed by atoms with van der Waals surface area (Å²) in [7, 11) is 0. The van der Waals surface area contributed by atoms with E-state index in [1.54, 1.807) is 13.0 Å². The highest BCUT2D eigenvalue weighted by molar-refractivity contribution is 14.1. The summed E-state index contributed by atoms with van der Waals surface area (Å²) in [4.78, 5) is 0. The predicted octanol–water partition coefficient (Wildman–Crippen LogP) is 3.16. The van der Waals surface area contributed by atoms with Crippen molar-refractivity contribution in [3.63, 3.8) is 0 Å². The minimum Gasteiger partial charge on any atom is -0.507 e. The number of hydrogen-bond donors (Lipinski definition) is 2. The first-order chi connectivity index (χ1) is 6.59. The summed E-state index contributed by atoms with van der Waals surface area (Å²) < 4.78 is 1.04. The SMILES string of the molecule is Cc1cc(O)c2cc(I)ccc2c1O. The Balaban J connectivity index is 2.94. The molecule has 2 rings (SSSR count). The van der Waals surface area contributed by atoms with Gasteiger partial charge in [0.25, 0.3) is 0 Å². The lowest BCUT2D eigenvalue weighted by atomic mass is 10.1. The molecule has 3 heteroatoms. The molecule has 2 nitrogen and oxygen atoms in total. The van der Waals surface area contributed by atoms with Crippen molar-refractivity contribution in [2.24, 2.45) is 0 Å². The maximum absolute atomic E-state index is 9.76. The van der Waals surface area contributed by atoms with Crippen molar-refractivity contribution in [2.45, 2.75) is 6.92 Å². The lowest BCUT2D eigenvalue weighted by molar-refractivity contribution is 0.466. The molecule has 0 saturated carbocycles. The van der Waals surface area contributed by atoms with Crippen molar-refractivity contribution in [3.8, 4) is 11.5 Å². The van der Waals surface area contributed by atoms with Gasteiger partial charge in [0, 0.05) is 14.3 Å². The van der Waals surface area contributed by atoms with E-state index in [2.05, 4.69) is 22.6 Å². The van der Waals surface area contributed by atoms with E-state index in [0.29, 0.717) is 16.3 Å². The normalized spacial score (nSPS) is 10.7. The van der Waals surface area contributed by atoms with Crippen LogP contribution >= 0.6 is 22.6 Å². The van der Waals surface area contributed by atoms with E-state index >= 15 is 0 Å². The molecule has 0 fully saturated rings. The molecule has 0 saturated heterocycles. The van der Waals surface area contributed by atoms with E-state index in [-0.39, 0.29) is 11.5 Å². The van der Waals surface area contributed by atoms with Crippen LogP contribution < -0.4 is 0 Å². The molecular weight excluding hydrogens is 291 g/mol. The Morgan fingerprint density at radius 1 is 1.07 bits per heavy atom. The first-order valence-electron chi connectivity index (χ1n) is 4.20. The molecular formula is C11H9IO2. The lowest BCUT2D eigenvalue weighted by Crippen LogP contribution is -1.81. The third kappa shape index (κ3) is 1.41. The fourth-order valence-electron chi connectivity index (χ4n) is 1.50. The number of phenolic OH excluding ortho intramolecular Hbond substituents is 2. The first-order valence-corrected chi connectivity index (χ1v) is 5.28. The molecule has 0 amide bonds. The fourth-order valence-corrected chi connectivity index (χ4v) is 1.99. The molecule has 0 bridgehead atoms. The minimum atomic E-state index is 0.216. The molecule has 0 aromatic heterocycles. The quantitative estimate of drug-likeness (QED) is 0.579. The third-order valence-electron chi connectivity index (χ3n) is 2.24. The van der Waals surface area contributed by atoms with Crippen molar-refractivity contribution in [1.82, 2.24) is 0 Å². The maximum atomic E-state index is 9.76. The zero-order valence-corrected chi connectivity index (χ0v) is 9.74. The van der Waals surface area contributed by atoms with Crippen LogP contribution in [0.25, 0.3) is 10.8 Å². The average molecular weight is 300 g/mol. The van der Waals surface area contributed by atoms with Crippen LogP contribution in [0.3, 0.4) is 0 Å². The summed E-state index contributed by atoms with van der Waals surface area (Å²) in [6.45, 7) is 1.77. The molecule has 0 unspecified atom stereocenters. The Bertz CT molecular complexity index is 506. The van der Waals surface area contributed by atoms with Crippen LogP contribution in [0.5, 0.6) is 11.5 Å². The van der Waals surface area contributed by atoms with E-state index in [1.807, 2.05) is 18.2 Å². The van der Waals surface area contributed by atoms with Gasteiger partial charge in [-0.2, -0.15) is 0 Å². The van der Waals surface area contributed by atoms with Gasteiger partial charge in [0.15, 0.2) is 0 Å². The molecule has 0 atom stereocenters. The number of phenols is 2. The first kappa shape index (κ1) is 9.58. The number of hydrogen-bond acceptors (Lipinski definition) is 2. The number of halogens is 1. The molecule has 72 valence electrons. The van der Waals surface area contributed by atoms with Crippen molar-refractivity contribution >= 4 is 33.4 Å². The molecule has 2 N–H and O–H groups in total. The van der Waals surface area contributed by atoms with Crippen molar-refractivity contribution in [3.05, 3.63) is 33.4 Å². The van der Waals surface area contributed by atoms with Crippen molar-refractivity contribution < 1.29 is 10.2 Å². The topological polar surface area (TPSA) is 40.5 Å². The van der Waals surface area contributed by atoms with Crippen LogP contribution in [-0.4, -0.2) is 10.2 Å². The van der Waals surface area contributed by atoms with Crippen LogP contribution in [0, 0.1) is 10.5 Å². The lowest BCUT2D eigenvalue weighted by Gasteiger charge is -2.06. The van der Waals surface area contributed by atoms with Gasteiger partial charge < -0.3 is 10.2 Å². The molecule has 0 aliphatic carbocycles. The second-order valence-corrected chi connectivity index (χ2v) is 4.50. The standard InChI is InChI=1S/C11H9IO2/c1-6-4-10(13)9-5-7(12)2-3-8(9)11(6)14/h2-5,13-14H,1H3. The summed E-state index contributed by atoms with van der Waals surface area (Å²) in [6.07, 6.45) is 0. The van der Waals surface area contributed by atoms with Gasteiger partial charge in [0.05, 0.1) is 0 Å². The third-order valence-corrected chi connectivity index (χ3v) is 2.91. The van der Waals surface area contributed by atoms with Gasteiger partial charge >= 0.3 is 0 Å². The largest absolute Gasteiger partial charge is 0.507 e. The molecule has 2 aromatic rings. The molecule has 2 aromatic carbocycles. The highest BCUT2D eigenvalue weighted by Gasteiger charge is 2.07. The van der Waals surface area contributed by atoms with Gasteiger partial charge in [0.1, 0.15) is 11.5 Å². The molecule has 0 heterocycles. The summed E-state index contributed by atoms with van der Waals surface area (Å²) in [5, 5.41) is 20.8. The summed E-state index contributed by atoms with van der Waals surface area (Å²) in [5.74, 6) is 0.461. The van der Waals surface area contributed by atoms with E-state index in [4.69, 9.17) is 0 Å². The zero-order valence-electron chi connectivity index (χ0n) is 7.58. The maximum Gasteiger partial charge on any atom is 0.126 e. The van der Waals surface area contributed by atoms with Gasteiger partial charge in [-0.25, -0.2) is 0 Å². The predicted molar refractivity (Wildman–Crippen MR) is 64.7 cm³/mol. The Labute approximate surface area is 95.3 Å². The van der Waals surface area contributed by atoms with Gasteiger partial charge in [-0.05, 0) is 59.3 Å². The van der Waals surface area contributed by atoms with Crippen molar-refractivity contribution in [2.75, 3.05) is 0 Å². The number of aromatic hydroxyl groups is 2. The monoisotopic (exact) mass is 300 g/mol. The zero-order chi connectivity index (χ0) is 10.3. The second kappa shape index (κ2) is 3.31. The van der Waals surface area contributed by atoms with Crippen LogP contribution in [0.4, 0.5) is 0 Å². The molecule has 0 aliphatic heterocycles.